The van der Waals surface area contributed by atoms with Crippen LogP contribution in [0.3, 0.4) is 0 Å². The molecule has 1 heterocycles. The smallest absolute Gasteiger partial charge is 0.411 e. The highest BCUT2D eigenvalue weighted by Crippen LogP contribution is 2.25. The summed E-state index contributed by atoms with van der Waals surface area (Å²) in [6.45, 7) is 4.60. The number of fused-ring (bicyclic) bond motifs is 4. The molecular formula is C26H32N4O4. The molecule has 0 unspecified atom stereocenters. The van der Waals surface area contributed by atoms with Crippen molar-refractivity contribution in [3.8, 4) is 0 Å². The number of cyclic esters (lactones) is 2. The predicted molar refractivity (Wildman–Crippen MR) is 134 cm³/mol. The first-order chi connectivity index (χ1) is 16.5. The Kier molecular flexibility index (Phi) is 9.67. The van der Waals surface area contributed by atoms with Crippen LogP contribution < -0.4 is 10.6 Å². The Hall–Kier alpha value is -3.64. The minimum absolute atomic E-state index is 0.386. The fourth-order valence-electron chi connectivity index (χ4n) is 3.47. The maximum Gasteiger partial charge on any atom is 0.411 e. The third kappa shape index (κ3) is 8.37. The number of ether oxygens (including phenoxy) is 2. The SMILES string of the molecule is Cc1ccc2cc1N=C=Nc1cc(ccc1C)NC(=O)OCCCCCCCCCOC(=O)N2. The molecule has 0 aromatic heterocycles. The highest BCUT2D eigenvalue weighted by atomic mass is 16.6. The molecule has 0 saturated heterocycles. The Morgan fingerprint density at radius 2 is 1.09 bits per heavy atom. The number of nitrogens with one attached hydrogen (secondary N) is 2. The number of carbonyl (C=O) groups excluding carboxylic acids is 2. The molecule has 34 heavy (non-hydrogen) atoms. The van der Waals surface area contributed by atoms with E-state index in [1.807, 2.05) is 26.0 Å². The van der Waals surface area contributed by atoms with Crippen molar-refractivity contribution in [3.05, 3.63) is 47.5 Å². The second-order valence-corrected chi connectivity index (χ2v) is 8.32. The minimum atomic E-state index is -0.476. The Morgan fingerprint density at radius 1 is 0.676 bits per heavy atom. The van der Waals surface area contributed by atoms with Crippen molar-refractivity contribution in [2.75, 3.05) is 23.8 Å². The first-order valence-corrected chi connectivity index (χ1v) is 11.8. The molecule has 0 saturated carbocycles. The van der Waals surface area contributed by atoms with Crippen LogP contribution in [-0.2, 0) is 9.47 Å². The third-order valence-corrected chi connectivity index (χ3v) is 5.51. The predicted octanol–water partition coefficient (Wildman–Crippen LogP) is 7.28. The monoisotopic (exact) mass is 464 g/mol. The number of hydrogen-bond acceptors (Lipinski definition) is 6. The van der Waals surface area contributed by atoms with E-state index in [9.17, 15) is 9.59 Å². The molecule has 4 bridgehead atoms. The van der Waals surface area contributed by atoms with E-state index in [0.29, 0.717) is 36.0 Å². The fraction of sp³-hybridized carbons (Fsp3) is 0.423. The first kappa shape index (κ1) is 25.0. The number of benzene rings is 2. The van der Waals surface area contributed by atoms with Gasteiger partial charge in [0.05, 0.1) is 24.6 Å². The van der Waals surface area contributed by atoms with E-state index in [-0.39, 0.29) is 0 Å². The first-order valence-electron chi connectivity index (χ1n) is 11.8. The van der Waals surface area contributed by atoms with Crippen molar-refractivity contribution < 1.29 is 19.1 Å². The molecule has 180 valence electrons. The van der Waals surface area contributed by atoms with Gasteiger partial charge >= 0.3 is 12.2 Å². The molecular weight excluding hydrogens is 432 g/mol. The standard InChI is InChI=1S/C26H32N4O4/c1-19-10-12-21-16-23(19)27-18-28-24-17-22(13-11-20(24)2)30-26(32)34-15-9-7-5-3-4-6-8-14-33-25(31)29-21/h10-13,16-17H,3-9,14-15H2,1-2H3,(H,29,31)(H,30,32). The van der Waals surface area contributed by atoms with Crippen LogP contribution in [0, 0.1) is 13.8 Å². The molecule has 1 aliphatic heterocycles. The Balaban J connectivity index is 1.77. The number of aryl methyl sites for hydroxylation is 2. The molecule has 3 rings (SSSR count). The molecule has 1 aliphatic rings. The van der Waals surface area contributed by atoms with E-state index in [1.165, 1.54) is 0 Å². The topological polar surface area (TPSA) is 101 Å². The van der Waals surface area contributed by atoms with Gasteiger partial charge in [-0.3, -0.25) is 10.6 Å². The molecule has 0 aliphatic carbocycles. The lowest BCUT2D eigenvalue weighted by atomic mass is 10.1. The van der Waals surface area contributed by atoms with E-state index in [1.54, 1.807) is 24.3 Å². The number of amides is 2. The largest absolute Gasteiger partial charge is 0.449 e. The zero-order valence-electron chi connectivity index (χ0n) is 19.9. The Bertz CT molecular complexity index is 981. The molecule has 2 aromatic carbocycles. The number of nitrogens with zero attached hydrogens (tertiary/aromatic N) is 2. The van der Waals surface area contributed by atoms with Crippen LogP contribution in [0.5, 0.6) is 0 Å². The van der Waals surface area contributed by atoms with Gasteiger partial charge in [0.25, 0.3) is 0 Å². The van der Waals surface area contributed by atoms with Crippen molar-refractivity contribution in [2.24, 2.45) is 9.98 Å². The lowest BCUT2D eigenvalue weighted by molar-refractivity contribution is 0.159. The fourth-order valence-corrected chi connectivity index (χ4v) is 3.47. The number of hydrogen-bond donors (Lipinski definition) is 2. The van der Waals surface area contributed by atoms with Crippen LogP contribution in [0.25, 0.3) is 0 Å². The molecule has 0 atom stereocenters. The summed E-state index contributed by atoms with van der Waals surface area (Å²) in [5, 5.41) is 5.49. The summed E-state index contributed by atoms with van der Waals surface area (Å²) in [5.74, 6) is 0. The van der Waals surface area contributed by atoms with Crippen LogP contribution in [0.2, 0.25) is 0 Å². The van der Waals surface area contributed by atoms with E-state index >= 15 is 0 Å². The summed E-state index contributed by atoms with van der Waals surface area (Å²) < 4.78 is 10.6. The zero-order chi connectivity index (χ0) is 24.2. The van der Waals surface area contributed by atoms with Gasteiger partial charge in [-0.15, -0.1) is 0 Å². The molecule has 8 heteroatoms. The summed E-state index contributed by atoms with van der Waals surface area (Å²) in [4.78, 5) is 32.8. The van der Waals surface area contributed by atoms with Gasteiger partial charge in [0.15, 0.2) is 0 Å². The van der Waals surface area contributed by atoms with Crippen LogP contribution in [-0.4, -0.2) is 31.4 Å². The molecule has 0 spiro atoms. The van der Waals surface area contributed by atoms with E-state index in [4.69, 9.17) is 9.47 Å². The zero-order valence-corrected chi connectivity index (χ0v) is 19.9. The van der Waals surface area contributed by atoms with Crippen molar-refractivity contribution in [1.82, 2.24) is 0 Å². The van der Waals surface area contributed by atoms with E-state index < -0.39 is 12.2 Å². The lowest BCUT2D eigenvalue weighted by Crippen LogP contribution is -2.14. The van der Waals surface area contributed by atoms with Crippen molar-refractivity contribution in [2.45, 2.75) is 58.8 Å². The summed E-state index contributed by atoms with van der Waals surface area (Å²) in [6.07, 6.45) is 6.00. The van der Waals surface area contributed by atoms with E-state index in [0.717, 1.165) is 56.1 Å². The van der Waals surface area contributed by atoms with E-state index in [2.05, 4.69) is 26.6 Å². The normalized spacial score (nSPS) is 16.4. The highest BCUT2D eigenvalue weighted by Gasteiger charge is 2.07. The van der Waals surface area contributed by atoms with Gasteiger partial charge in [-0.1, -0.05) is 44.2 Å². The van der Waals surface area contributed by atoms with Crippen LogP contribution in [0.15, 0.2) is 46.4 Å². The van der Waals surface area contributed by atoms with Gasteiger partial charge in [0, 0.05) is 11.4 Å². The average Bonchev–Trinajstić information content (AvgIpc) is 2.81. The Morgan fingerprint density at radius 3 is 1.53 bits per heavy atom. The summed E-state index contributed by atoms with van der Waals surface area (Å²) in [5.41, 5.74) is 4.27. The quantitative estimate of drug-likeness (QED) is 0.427. The average molecular weight is 465 g/mol. The summed E-state index contributed by atoms with van der Waals surface area (Å²) in [6, 6.07) is 13.5. The van der Waals surface area contributed by atoms with Crippen LogP contribution in [0.4, 0.5) is 32.3 Å². The Labute approximate surface area is 200 Å². The van der Waals surface area contributed by atoms with Gasteiger partial charge < -0.3 is 9.47 Å². The number of carbonyl (C=O) groups is 2. The molecule has 2 N–H and O–H groups in total. The molecule has 0 fully saturated rings. The third-order valence-electron chi connectivity index (χ3n) is 5.51. The van der Waals surface area contributed by atoms with Gasteiger partial charge in [-0.05, 0) is 62.1 Å². The lowest BCUT2D eigenvalue weighted by Gasteiger charge is -2.09. The summed E-state index contributed by atoms with van der Waals surface area (Å²) >= 11 is 0. The molecule has 8 nitrogen and oxygen atoms in total. The van der Waals surface area contributed by atoms with Gasteiger partial charge in [-0.25, -0.2) is 9.59 Å². The van der Waals surface area contributed by atoms with Crippen molar-refractivity contribution >= 4 is 40.9 Å². The highest BCUT2D eigenvalue weighted by molar-refractivity contribution is 5.86. The second kappa shape index (κ2) is 13.2. The second-order valence-electron chi connectivity index (χ2n) is 8.32. The molecule has 0 radical (unpaired) electrons. The summed E-state index contributed by atoms with van der Waals surface area (Å²) in [7, 11) is 0. The van der Waals surface area contributed by atoms with Crippen molar-refractivity contribution in [3.63, 3.8) is 0 Å². The van der Waals surface area contributed by atoms with Gasteiger partial charge in [0.1, 0.15) is 6.01 Å². The maximum atomic E-state index is 12.1. The van der Waals surface area contributed by atoms with Crippen LogP contribution >= 0.6 is 0 Å². The van der Waals surface area contributed by atoms with Crippen molar-refractivity contribution in [1.29, 1.82) is 0 Å². The van der Waals surface area contributed by atoms with Crippen LogP contribution in [0.1, 0.15) is 56.1 Å². The number of aliphatic imine (C=N–C) groups is 2. The molecule has 2 aromatic rings. The molecule has 2 amide bonds. The maximum absolute atomic E-state index is 12.1. The number of rotatable bonds is 0. The van der Waals surface area contributed by atoms with Gasteiger partial charge in [-0.2, -0.15) is 9.98 Å². The van der Waals surface area contributed by atoms with Gasteiger partial charge in [0.2, 0.25) is 0 Å². The number of anilines is 2. The minimum Gasteiger partial charge on any atom is -0.449 e.